The van der Waals surface area contributed by atoms with Crippen molar-refractivity contribution in [2.75, 3.05) is 0 Å². The Bertz CT molecular complexity index is 276. The van der Waals surface area contributed by atoms with Gasteiger partial charge in [-0.2, -0.15) is 0 Å². The van der Waals surface area contributed by atoms with E-state index in [0.717, 1.165) is 11.3 Å². The van der Waals surface area contributed by atoms with Crippen LogP contribution in [0.1, 0.15) is 17.3 Å². The fourth-order valence-corrected chi connectivity index (χ4v) is 1.37. The molecule has 5 heteroatoms. The second-order valence-electron chi connectivity index (χ2n) is 1.99. The van der Waals surface area contributed by atoms with Gasteiger partial charge >= 0.3 is 5.00 Å². The van der Waals surface area contributed by atoms with Crippen molar-refractivity contribution in [3.8, 4) is 0 Å². The number of nitro groups is 1. The number of ketones is 1. The largest absolute Gasteiger partial charge is 0.324 e. The SMILES string of the molecule is CC(=O)c1csc([N+](=O)[O-])c1. The minimum Gasteiger partial charge on any atom is -0.294 e. The number of Topliss-reactive ketones (excluding diaryl/α,β-unsaturated/α-hetero) is 1. The van der Waals surface area contributed by atoms with Gasteiger partial charge in [-0.1, -0.05) is 11.3 Å². The Kier molecular flexibility index (Phi) is 2.00. The van der Waals surface area contributed by atoms with Crippen LogP contribution < -0.4 is 0 Å². The van der Waals surface area contributed by atoms with Crippen LogP contribution in [0.15, 0.2) is 11.4 Å². The summed E-state index contributed by atoms with van der Waals surface area (Å²) in [6.45, 7) is 1.38. The first-order valence-corrected chi connectivity index (χ1v) is 3.73. The van der Waals surface area contributed by atoms with E-state index in [0.29, 0.717) is 5.56 Å². The number of nitrogens with zero attached hydrogens (tertiary/aromatic N) is 1. The molecule has 0 N–H and O–H groups in total. The van der Waals surface area contributed by atoms with Crippen LogP contribution >= 0.6 is 11.3 Å². The van der Waals surface area contributed by atoms with Crippen LogP contribution in [-0.4, -0.2) is 10.7 Å². The molecule has 58 valence electrons. The molecule has 0 atom stereocenters. The predicted molar refractivity (Wildman–Crippen MR) is 41.0 cm³/mol. The second kappa shape index (κ2) is 2.79. The summed E-state index contributed by atoms with van der Waals surface area (Å²) in [6.07, 6.45) is 0. The molecule has 1 aromatic heterocycles. The van der Waals surface area contributed by atoms with Gasteiger partial charge in [-0.15, -0.1) is 0 Å². The summed E-state index contributed by atoms with van der Waals surface area (Å²) < 4.78 is 0. The first-order chi connectivity index (χ1) is 5.11. The van der Waals surface area contributed by atoms with Gasteiger partial charge in [0.2, 0.25) is 0 Å². The van der Waals surface area contributed by atoms with Crippen molar-refractivity contribution in [3.63, 3.8) is 0 Å². The standard InChI is InChI=1S/C6H5NO3S/c1-4(8)5-2-6(7(9)10)11-3-5/h2-3H,1H3. The highest BCUT2D eigenvalue weighted by Crippen LogP contribution is 2.22. The zero-order valence-corrected chi connectivity index (χ0v) is 6.55. The topological polar surface area (TPSA) is 60.2 Å². The number of carbonyl (C=O) groups excluding carboxylic acids is 1. The number of hydrogen-bond donors (Lipinski definition) is 0. The molecule has 1 rings (SSSR count). The van der Waals surface area contributed by atoms with Gasteiger partial charge in [-0.3, -0.25) is 14.9 Å². The molecule has 0 saturated heterocycles. The molecule has 1 heterocycles. The van der Waals surface area contributed by atoms with Gasteiger partial charge in [-0.05, 0) is 6.92 Å². The molecule has 0 aliphatic heterocycles. The maximum atomic E-state index is 10.7. The molecule has 0 unspecified atom stereocenters. The number of hydrogen-bond acceptors (Lipinski definition) is 4. The number of rotatable bonds is 2. The molecule has 0 radical (unpaired) electrons. The van der Waals surface area contributed by atoms with Crippen LogP contribution in [-0.2, 0) is 0 Å². The highest BCUT2D eigenvalue weighted by atomic mass is 32.1. The summed E-state index contributed by atoms with van der Waals surface area (Å²) in [7, 11) is 0. The van der Waals surface area contributed by atoms with Gasteiger partial charge in [0.1, 0.15) is 0 Å². The highest BCUT2D eigenvalue weighted by molar-refractivity contribution is 7.13. The maximum Gasteiger partial charge on any atom is 0.324 e. The van der Waals surface area contributed by atoms with Crippen LogP contribution in [0.4, 0.5) is 5.00 Å². The Hall–Kier alpha value is -1.23. The normalized spacial score (nSPS) is 9.55. The van der Waals surface area contributed by atoms with E-state index >= 15 is 0 Å². The third-order valence-corrected chi connectivity index (χ3v) is 2.05. The maximum absolute atomic E-state index is 10.7. The summed E-state index contributed by atoms with van der Waals surface area (Å²) in [6, 6.07) is 1.28. The van der Waals surface area contributed by atoms with Gasteiger partial charge in [0.15, 0.2) is 5.78 Å². The van der Waals surface area contributed by atoms with Crippen molar-refractivity contribution >= 4 is 22.1 Å². The van der Waals surface area contributed by atoms with Crippen LogP contribution in [0.3, 0.4) is 0 Å². The fraction of sp³-hybridized carbons (Fsp3) is 0.167. The van der Waals surface area contributed by atoms with Gasteiger partial charge in [0.25, 0.3) is 0 Å². The average Bonchev–Trinajstić information content (AvgIpc) is 2.33. The van der Waals surface area contributed by atoms with Gasteiger partial charge in [0, 0.05) is 17.0 Å². The van der Waals surface area contributed by atoms with Crippen LogP contribution in [0.25, 0.3) is 0 Å². The van der Waals surface area contributed by atoms with E-state index in [1.807, 2.05) is 0 Å². The van der Waals surface area contributed by atoms with Gasteiger partial charge in [0.05, 0.1) is 4.92 Å². The lowest BCUT2D eigenvalue weighted by atomic mass is 10.2. The van der Waals surface area contributed by atoms with Crippen molar-refractivity contribution in [2.45, 2.75) is 6.92 Å². The minimum absolute atomic E-state index is 0.00944. The van der Waals surface area contributed by atoms with Crippen LogP contribution in [0.2, 0.25) is 0 Å². The quantitative estimate of drug-likeness (QED) is 0.387. The molecule has 0 aromatic carbocycles. The Labute approximate surface area is 66.6 Å². The van der Waals surface area contributed by atoms with Crippen LogP contribution in [0, 0.1) is 10.1 Å². The van der Waals surface area contributed by atoms with E-state index in [-0.39, 0.29) is 10.8 Å². The minimum atomic E-state index is -0.503. The molecule has 0 fully saturated rings. The molecular formula is C6H5NO3S. The van der Waals surface area contributed by atoms with E-state index < -0.39 is 4.92 Å². The Morgan fingerprint density at radius 2 is 2.36 bits per heavy atom. The summed E-state index contributed by atoms with van der Waals surface area (Å²) in [5, 5.41) is 11.6. The second-order valence-corrected chi connectivity index (χ2v) is 2.88. The van der Waals surface area contributed by atoms with Crippen molar-refractivity contribution in [3.05, 3.63) is 27.1 Å². The predicted octanol–water partition coefficient (Wildman–Crippen LogP) is 1.86. The Morgan fingerprint density at radius 3 is 2.64 bits per heavy atom. The zero-order valence-electron chi connectivity index (χ0n) is 5.73. The summed E-state index contributed by atoms with van der Waals surface area (Å²) in [4.78, 5) is 20.3. The monoisotopic (exact) mass is 171 g/mol. The van der Waals surface area contributed by atoms with E-state index in [1.54, 1.807) is 0 Å². The summed E-state index contributed by atoms with van der Waals surface area (Å²) in [5.41, 5.74) is 0.404. The first-order valence-electron chi connectivity index (χ1n) is 2.85. The van der Waals surface area contributed by atoms with E-state index in [1.165, 1.54) is 18.4 Å². The molecule has 0 spiro atoms. The van der Waals surface area contributed by atoms with Gasteiger partial charge in [-0.25, -0.2) is 0 Å². The Morgan fingerprint density at radius 1 is 1.73 bits per heavy atom. The molecule has 11 heavy (non-hydrogen) atoms. The molecular weight excluding hydrogens is 166 g/mol. The molecule has 4 nitrogen and oxygen atoms in total. The molecule has 0 aliphatic rings. The molecule has 1 aromatic rings. The number of thiophene rings is 1. The van der Waals surface area contributed by atoms with E-state index in [9.17, 15) is 14.9 Å². The lowest BCUT2D eigenvalue weighted by molar-refractivity contribution is -0.380. The lowest BCUT2D eigenvalue weighted by Crippen LogP contribution is -1.87. The first kappa shape index (κ1) is 7.87. The summed E-state index contributed by atoms with van der Waals surface area (Å²) >= 11 is 0.966. The summed E-state index contributed by atoms with van der Waals surface area (Å²) in [5.74, 6) is -0.144. The highest BCUT2D eigenvalue weighted by Gasteiger charge is 2.11. The van der Waals surface area contributed by atoms with Crippen molar-refractivity contribution < 1.29 is 9.72 Å². The third-order valence-electron chi connectivity index (χ3n) is 1.17. The molecule has 0 saturated carbocycles. The van der Waals surface area contributed by atoms with E-state index in [4.69, 9.17) is 0 Å². The van der Waals surface area contributed by atoms with Crippen LogP contribution in [0.5, 0.6) is 0 Å². The lowest BCUT2D eigenvalue weighted by Gasteiger charge is -1.81. The Balaban J connectivity index is 2.99. The van der Waals surface area contributed by atoms with Crippen molar-refractivity contribution in [1.82, 2.24) is 0 Å². The number of carbonyl (C=O) groups is 1. The van der Waals surface area contributed by atoms with Crippen molar-refractivity contribution in [1.29, 1.82) is 0 Å². The molecule has 0 aliphatic carbocycles. The fourth-order valence-electron chi connectivity index (χ4n) is 0.605. The van der Waals surface area contributed by atoms with E-state index in [2.05, 4.69) is 0 Å². The van der Waals surface area contributed by atoms with Crippen molar-refractivity contribution in [2.24, 2.45) is 0 Å². The zero-order chi connectivity index (χ0) is 8.43. The molecule has 0 amide bonds. The molecule has 0 bridgehead atoms. The average molecular weight is 171 g/mol. The smallest absolute Gasteiger partial charge is 0.294 e. The van der Waals surface area contributed by atoms with Gasteiger partial charge < -0.3 is 0 Å². The third kappa shape index (κ3) is 1.62.